The Bertz CT molecular complexity index is 2310. The molecule has 2 aliphatic heterocycles. The molecule has 0 saturated carbocycles. The Labute approximate surface area is 448 Å². The van der Waals surface area contributed by atoms with Crippen molar-refractivity contribution in [2.24, 2.45) is 0 Å². The Morgan fingerprint density at radius 2 is 1.42 bits per heavy atom. The van der Waals surface area contributed by atoms with Crippen LogP contribution < -0.4 is 142 Å². The van der Waals surface area contributed by atoms with Crippen molar-refractivity contribution in [2.45, 2.75) is 48.3 Å². The van der Waals surface area contributed by atoms with Gasteiger partial charge < -0.3 is 23.8 Å². The second-order valence-corrected chi connectivity index (χ2v) is 21.0. The standard InChI is InChI=1S/C30H38N2O16S6.2K.Na/c1-29(2)23-18-21(50-47-45-20-49-48-46-33)8-10-25(23)31(12-14-52(36,37)38)27(29)6-5-7-28-30(3,4)24-19-22(51(34,35)16-17-54(42,43)44)9-11-26(24)32(28)13-15-53(39,40)41;;;/h5-11,18-19H,12-17,20H2,1-4H3,(H3-,33,36,37,38,39,40,41,42,43,44);;;/q;3*+1/p-3. The van der Waals surface area contributed by atoms with E-state index in [0.717, 1.165) is 17.6 Å². The minimum absolute atomic E-state index is 0. The predicted octanol–water partition coefficient (Wildman–Crippen LogP) is -7.49. The number of benzene rings is 2. The summed E-state index contributed by atoms with van der Waals surface area (Å²) in [5.74, 6) is -3.78. The topological polar surface area (TPSA) is 272 Å². The third-order valence-corrected chi connectivity index (χ3v) is 13.7. The predicted molar refractivity (Wildman–Crippen MR) is 192 cm³/mol. The van der Waals surface area contributed by atoms with Gasteiger partial charge in [-0.3, -0.25) is 5.04 Å². The Hall–Kier alpha value is 1.84. The van der Waals surface area contributed by atoms with Crippen molar-refractivity contribution < 1.29 is 208 Å². The first-order valence-corrected chi connectivity index (χ1v) is 23.6. The monoisotopic (exact) mass is 972 g/mol. The molecule has 0 fully saturated rings. The van der Waals surface area contributed by atoms with Gasteiger partial charge in [0.2, 0.25) is 5.69 Å². The van der Waals surface area contributed by atoms with Gasteiger partial charge in [0.1, 0.15) is 10.1 Å². The van der Waals surface area contributed by atoms with Gasteiger partial charge in [-0.1, -0.05) is 19.9 Å². The van der Waals surface area contributed by atoms with E-state index in [4.69, 9.17) is 9.22 Å². The fourth-order valence-corrected chi connectivity index (χ4v) is 10.2. The Balaban J connectivity index is 0.00000541. The van der Waals surface area contributed by atoms with Crippen LogP contribution in [-0.4, -0.2) is 99.7 Å². The van der Waals surface area contributed by atoms with Gasteiger partial charge in [0.05, 0.1) is 77.6 Å². The molecule has 2 aliphatic rings. The number of rotatable bonds is 19. The van der Waals surface area contributed by atoms with Gasteiger partial charge in [-0.25, -0.2) is 38.6 Å². The van der Waals surface area contributed by atoms with Crippen LogP contribution in [0.4, 0.5) is 11.4 Å². The molecule has 2 heterocycles. The smallest absolute Gasteiger partial charge is 0.748 e. The average Bonchev–Trinajstić information content (AvgIpc) is 3.40. The maximum Gasteiger partial charge on any atom is 1.00 e. The molecule has 0 unspecified atom stereocenters. The number of sulfone groups is 1. The quantitative estimate of drug-likeness (QED) is 0.0185. The summed E-state index contributed by atoms with van der Waals surface area (Å²) in [4.78, 5) is 6.77. The third kappa shape index (κ3) is 15.8. The van der Waals surface area contributed by atoms with Crippen LogP contribution in [0.3, 0.4) is 0 Å². The van der Waals surface area contributed by atoms with E-state index in [0.29, 0.717) is 45.3 Å². The number of anilines is 1. The first kappa shape index (κ1) is 56.9. The third-order valence-electron chi connectivity index (χ3n) is 8.68. The summed E-state index contributed by atoms with van der Waals surface area (Å²) in [6, 6.07) is 9.10. The molecule has 0 spiro atoms. The minimum atomic E-state index is -4.83. The summed E-state index contributed by atoms with van der Waals surface area (Å²) in [5, 5.41) is 13.1. The molecular weight excluding hydrogens is 938 g/mol. The minimum Gasteiger partial charge on any atom is -0.748 e. The molecule has 0 amide bonds. The molecule has 4 rings (SSSR count). The second-order valence-electron chi connectivity index (χ2n) is 13.0. The first-order chi connectivity index (χ1) is 24.9. The summed E-state index contributed by atoms with van der Waals surface area (Å²) in [6.45, 7) is 6.71. The van der Waals surface area contributed by atoms with Crippen molar-refractivity contribution in [3.8, 4) is 0 Å². The van der Waals surface area contributed by atoms with Gasteiger partial charge in [0, 0.05) is 45.9 Å². The van der Waals surface area contributed by atoms with Gasteiger partial charge in [-0.15, -0.1) is 0 Å². The van der Waals surface area contributed by atoms with E-state index in [-0.39, 0.29) is 156 Å². The van der Waals surface area contributed by atoms with E-state index < -0.39 is 74.0 Å². The van der Waals surface area contributed by atoms with E-state index in [2.05, 4.69) is 9.37 Å². The summed E-state index contributed by atoms with van der Waals surface area (Å²) in [7, 11) is -18.4. The van der Waals surface area contributed by atoms with E-state index in [9.17, 15) is 52.6 Å². The molecule has 300 valence electrons. The van der Waals surface area contributed by atoms with Crippen molar-refractivity contribution in [3.05, 3.63) is 71.5 Å². The molecule has 18 nitrogen and oxygen atoms in total. The van der Waals surface area contributed by atoms with Crippen LogP contribution >= 0.6 is 24.1 Å². The molecule has 0 radical (unpaired) electrons. The van der Waals surface area contributed by atoms with Crippen LogP contribution in [0.2, 0.25) is 0 Å². The Morgan fingerprint density at radius 1 is 0.789 bits per heavy atom. The average molecular weight is 973 g/mol. The Morgan fingerprint density at radius 3 is 2.02 bits per heavy atom. The van der Waals surface area contributed by atoms with Crippen LogP contribution in [0.5, 0.6) is 0 Å². The maximum atomic E-state index is 13.0. The molecule has 0 bridgehead atoms. The zero-order valence-electron chi connectivity index (χ0n) is 32.0. The maximum absolute atomic E-state index is 13.0. The van der Waals surface area contributed by atoms with Gasteiger partial charge in [-0.05, 0) is 55.8 Å². The molecule has 0 atom stereocenters. The molecule has 0 aliphatic carbocycles. The van der Waals surface area contributed by atoms with Crippen LogP contribution in [-0.2, 0) is 69.6 Å². The van der Waals surface area contributed by atoms with Crippen LogP contribution in [0.1, 0.15) is 38.8 Å². The van der Waals surface area contributed by atoms with Crippen molar-refractivity contribution >= 4 is 81.4 Å². The molecule has 0 aromatic heterocycles. The van der Waals surface area contributed by atoms with Crippen molar-refractivity contribution in [1.82, 2.24) is 0 Å². The van der Waals surface area contributed by atoms with Crippen molar-refractivity contribution in [1.29, 1.82) is 0 Å². The summed E-state index contributed by atoms with van der Waals surface area (Å²) in [5.41, 5.74) is 1.37. The number of allylic oxidation sites excluding steroid dienone is 4. The molecule has 27 heteroatoms. The first-order valence-electron chi connectivity index (χ1n) is 15.6. The molecular formula is C30H35K2N2NaO16S6. The van der Waals surface area contributed by atoms with E-state index in [1.165, 1.54) is 18.2 Å². The summed E-state index contributed by atoms with van der Waals surface area (Å²) in [6.07, 6.45) is 4.95. The molecule has 57 heavy (non-hydrogen) atoms. The van der Waals surface area contributed by atoms with Gasteiger partial charge in [-0.2, -0.15) is 13.2 Å². The largest absolute Gasteiger partial charge is 1.00 e. The van der Waals surface area contributed by atoms with Crippen molar-refractivity contribution in [3.63, 3.8) is 0 Å². The number of nitrogens with zero attached hydrogens (tertiary/aromatic N) is 2. The summed E-state index contributed by atoms with van der Waals surface area (Å²) < 4.78 is 140. The molecule has 2 aromatic rings. The van der Waals surface area contributed by atoms with E-state index in [1.807, 2.05) is 13.8 Å². The molecule has 0 saturated heterocycles. The van der Waals surface area contributed by atoms with Gasteiger partial charge >= 0.3 is 132 Å². The molecule has 0 N–H and O–H groups in total. The van der Waals surface area contributed by atoms with Gasteiger partial charge in [0.25, 0.3) is 0 Å². The number of hydrogen-bond donors (Lipinski definition) is 0. The van der Waals surface area contributed by atoms with Crippen molar-refractivity contribution in [2.75, 3.05) is 46.9 Å². The number of fused-ring (bicyclic) bond motifs is 2. The van der Waals surface area contributed by atoms with E-state index in [1.54, 1.807) is 59.8 Å². The molecule has 2 aromatic carbocycles. The zero-order chi connectivity index (χ0) is 40.3. The zero-order valence-corrected chi connectivity index (χ0v) is 45.2. The van der Waals surface area contributed by atoms with Crippen LogP contribution in [0, 0.1) is 0 Å². The van der Waals surface area contributed by atoms with E-state index >= 15 is 0 Å². The summed E-state index contributed by atoms with van der Waals surface area (Å²) >= 11 is 1.40. The van der Waals surface area contributed by atoms with Gasteiger partial charge in [0.15, 0.2) is 28.0 Å². The SMILES string of the molecule is CC1(C)C(C=C/C=C2/N(CCS(=O)(=O)[O-])c3ccc(S(=O)(=O)CCS(=O)(=O)[O-])cc3C2(C)C)=[N+](CCS(=O)(=O)[O-])c2ccc(SOOCSOO[O-])cc21.[K+].[K+].[Na+]. The normalized spacial score (nSPS) is 16.9. The van der Waals surface area contributed by atoms with Crippen LogP contribution in [0.15, 0.2) is 70.1 Å². The van der Waals surface area contributed by atoms with Crippen LogP contribution in [0.25, 0.3) is 0 Å². The fourth-order valence-electron chi connectivity index (χ4n) is 6.14. The number of hydrogen-bond acceptors (Lipinski definition) is 19. The Kier molecular flexibility index (Phi) is 23.1. The second kappa shape index (κ2) is 23.2. The fraction of sp³-hybridized carbons (Fsp3) is 0.433.